The summed E-state index contributed by atoms with van der Waals surface area (Å²) in [7, 11) is -2.99. The molecule has 4 amide bonds. The number of hydrogen-bond acceptors (Lipinski definition) is 13. The third-order valence-corrected chi connectivity index (χ3v) is 18.5. The number of amides is 4. The van der Waals surface area contributed by atoms with E-state index in [4.69, 9.17) is 24.1 Å². The first-order valence-corrected chi connectivity index (χ1v) is 29.7. The molecular weight excluding hydrogens is 1060 g/mol. The van der Waals surface area contributed by atoms with E-state index >= 15 is 0 Å². The molecule has 0 radical (unpaired) electrons. The average molecular weight is 1150 g/mol. The topological polar surface area (TPSA) is 283 Å². The monoisotopic (exact) mass is 1150 g/mol. The Kier molecular flexibility index (Phi) is 29.4. The smallest absolute Gasteiger partial charge is 0.471 e. The van der Waals surface area contributed by atoms with Crippen molar-refractivity contribution in [2.24, 2.45) is 23.7 Å². The summed E-state index contributed by atoms with van der Waals surface area (Å²) in [6.45, 7) is 20.6. The normalized spacial score (nSPS) is 18.4. The van der Waals surface area contributed by atoms with Crippen LogP contribution in [0.5, 0.6) is 0 Å². The van der Waals surface area contributed by atoms with Gasteiger partial charge in [-0.2, -0.15) is 13.2 Å². The minimum atomic E-state index is -5.08. The molecule has 0 saturated carbocycles. The van der Waals surface area contributed by atoms with Crippen LogP contribution in [0.3, 0.4) is 0 Å². The number of rotatable bonds is 32. The molecule has 2 fully saturated rings. The van der Waals surface area contributed by atoms with Crippen LogP contribution >= 0.6 is 0 Å². The van der Waals surface area contributed by atoms with Crippen molar-refractivity contribution in [3.63, 3.8) is 0 Å². The fraction of sp³-hybridized carbons (Fsp3) is 0.672. The van der Waals surface area contributed by atoms with Crippen molar-refractivity contribution in [3.05, 3.63) is 60.7 Å². The Bertz CT molecular complexity index is 2220. The largest absolute Gasteiger partial charge is 0.480 e. The Labute approximate surface area is 471 Å². The number of unbranched alkanes of at least 4 members (excludes halogenated alkanes) is 2. The summed E-state index contributed by atoms with van der Waals surface area (Å²) >= 11 is 0. The van der Waals surface area contributed by atoms with Gasteiger partial charge in [0, 0.05) is 12.8 Å². The second-order valence-electron chi connectivity index (χ2n) is 23.5. The van der Waals surface area contributed by atoms with Gasteiger partial charge in [-0.3, -0.25) is 28.8 Å². The van der Waals surface area contributed by atoms with E-state index in [1.165, 1.54) is 0 Å². The molecule has 2 heterocycles. The predicted molar refractivity (Wildman–Crippen MR) is 299 cm³/mol. The molecule has 0 aliphatic carbocycles. The Morgan fingerprint density at radius 1 is 0.588 bits per heavy atom. The Morgan fingerprint density at radius 3 is 1.32 bits per heavy atom. The average Bonchev–Trinajstić information content (AvgIpc) is 4.34. The SMILES string of the molecule is CC(C)CCCCC(=O)N[C@@H](CO)C(=O)N[C@@H](CC(C)C)C(=O)[C@@]1(CO)CO1.CC(C)CCCCC(=O)N[C@@H](CO)C(=O)O.CC(C)C[C@H](NC(=O)C(F)(F)F)C(=O)[C@@]1(CO[Si](c2ccccc2)(c2ccccc2)C(C)(C)C)CO1. The summed E-state index contributed by atoms with van der Waals surface area (Å²) in [4.78, 5) is 84.2. The van der Waals surface area contributed by atoms with Crippen LogP contribution in [0.25, 0.3) is 0 Å². The highest BCUT2D eigenvalue weighted by atomic mass is 28.4. The number of alkyl halides is 3. The van der Waals surface area contributed by atoms with Gasteiger partial charge in [0.15, 0.2) is 22.8 Å². The number of ether oxygens (including phenoxy) is 2. The molecule has 2 aromatic carbocycles. The van der Waals surface area contributed by atoms with Crippen LogP contribution in [0.4, 0.5) is 13.2 Å². The highest BCUT2D eigenvalue weighted by Gasteiger charge is 2.59. The molecular formula is C58H91F3N4O14Si. The fourth-order valence-corrected chi connectivity index (χ4v) is 13.5. The first kappa shape index (κ1) is 71.0. The molecule has 6 atom stereocenters. The number of ketones is 2. The van der Waals surface area contributed by atoms with Crippen molar-refractivity contribution >= 4 is 59.9 Å². The third-order valence-electron chi connectivity index (χ3n) is 13.5. The van der Waals surface area contributed by atoms with Crippen LogP contribution in [-0.2, 0) is 47.5 Å². The zero-order valence-electron chi connectivity index (χ0n) is 48.7. The van der Waals surface area contributed by atoms with E-state index in [0.29, 0.717) is 31.1 Å². The highest BCUT2D eigenvalue weighted by Crippen LogP contribution is 2.40. The number of carboxylic acids is 1. The first-order chi connectivity index (χ1) is 37.3. The lowest BCUT2D eigenvalue weighted by Gasteiger charge is -2.43. The number of Topliss-reactive ketones (excluding diaryl/α,β-unsaturated/α-hetero) is 2. The van der Waals surface area contributed by atoms with Gasteiger partial charge in [0.05, 0.1) is 51.7 Å². The number of carbonyl (C=O) groups is 7. The summed E-state index contributed by atoms with van der Waals surface area (Å²) in [6.07, 6.45) is 1.40. The van der Waals surface area contributed by atoms with E-state index in [1.54, 1.807) is 13.8 Å². The van der Waals surface area contributed by atoms with Crippen LogP contribution in [0, 0.1) is 23.7 Å². The molecule has 452 valence electrons. The number of halogens is 3. The lowest BCUT2D eigenvalue weighted by molar-refractivity contribution is -0.175. The summed E-state index contributed by atoms with van der Waals surface area (Å²) < 4.78 is 56.4. The van der Waals surface area contributed by atoms with Crippen LogP contribution in [-0.4, -0.2) is 151 Å². The predicted octanol–water partition coefficient (Wildman–Crippen LogP) is 5.30. The van der Waals surface area contributed by atoms with Gasteiger partial charge < -0.3 is 55.6 Å². The standard InChI is InChI=1S/C27H34F3NO4Si.C20H36N2O6.C11H21NO4/c1-19(2)16-22(31-24(33)27(28,29)30)23(32)26(17-34-26)18-35-36(25(3,4)5,20-12-8-6-9-13-20)21-14-10-7-11-15-21;1-13(2)7-5-6-8-17(25)21-16(10-23)19(27)22-15(9-14(3)4)18(26)20(11-24)12-28-20;1-8(2)5-3-4-6-10(14)12-9(7-13)11(15)16/h6-15,19,22H,16-18H2,1-5H3,(H,31,33);13-16,23-24H,5-12H2,1-4H3,(H,21,25)(H,22,27);8-9,13H,3-7H2,1-2H3,(H,12,14)(H,15,16)/t22-,26-;15-,16-,20+;9-/m000/s1. The summed E-state index contributed by atoms with van der Waals surface area (Å²) in [5.41, 5.74) is -2.63. The summed E-state index contributed by atoms with van der Waals surface area (Å²) in [5.74, 6) is -4.37. The van der Waals surface area contributed by atoms with Gasteiger partial charge in [-0.1, -0.05) is 163 Å². The van der Waals surface area contributed by atoms with Crippen molar-refractivity contribution in [2.75, 3.05) is 39.6 Å². The zero-order valence-corrected chi connectivity index (χ0v) is 49.7. The van der Waals surface area contributed by atoms with Gasteiger partial charge in [0.1, 0.15) is 12.1 Å². The quantitative estimate of drug-likeness (QED) is 0.0262. The fourth-order valence-electron chi connectivity index (χ4n) is 8.91. The Hall–Kier alpha value is -5.10. The molecule has 4 rings (SSSR count). The van der Waals surface area contributed by atoms with Crippen molar-refractivity contribution in [1.29, 1.82) is 0 Å². The number of carboxylic acid groups (broad SMARTS) is 1. The highest BCUT2D eigenvalue weighted by molar-refractivity contribution is 6.99. The molecule has 0 bridgehead atoms. The lowest BCUT2D eigenvalue weighted by Crippen LogP contribution is -2.67. The third kappa shape index (κ3) is 23.0. The number of carbonyl (C=O) groups excluding carboxylic acids is 6. The van der Waals surface area contributed by atoms with Crippen molar-refractivity contribution in [1.82, 2.24) is 21.3 Å². The molecule has 2 saturated heterocycles. The molecule has 22 heteroatoms. The molecule has 80 heavy (non-hydrogen) atoms. The van der Waals surface area contributed by atoms with Crippen LogP contribution in [0.2, 0.25) is 5.04 Å². The first-order valence-electron chi connectivity index (χ1n) is 27.8. The van der Waals surface area contributed by atoms with Crippen molar-refractivity contribution < 1.29 is 81.1 Å². The number of hydrogen-bond donors (Lipinski definition) is 8. The Balaban J connectivity index is 0.000000442. The maximum Gasteiger partial charge on any atom is 0.471 e. The number of aliphatic hydroxyl groups is 3. The number of nitrogens with one attached hydrogen (secondary N) is 4. The maximum atomic E-state index is 13.5. The van der Waals surface area contributed by atoms with E-state index in [-0.39, 0.29) is 67.1 Å². The molecule has 0 spiro atoms. The number of epoxide rings is 2. The molecule has 2 aliphatic heterocycles. The minimum absolute atomic E-state index is 0.0283. The van der Waals surface area contributed by atoms with E-state index in [1.807, 2.05) is 79.8 Å². The molecule has 0 aromatic heterocycles. The molecule has 0 unspecified atom stereocenters. The van der Waals surface area contributed by atoms with Crippen molar-refractivity contribution in [3.8, 4) is 0 Å². The second-order valence-corrected chi connectivity index (χ2v) is 27.8. The number of aliphatic carboxylic acids is 1. The van der Waals surface area contributed by atoms with Gasteiger partial charge in [0.25, 0.3) is 8.32 Å². The van der Waals surface area contributed by atoms with Crippen LogP contribution in [0.15, 0.2) is 60.7 Å². The zero-order chi connectivity index (χ0) is 60.6. The minimum Gasteiger partial charge on any atom is -0.480 e. The molecule has 2 aromatic rings. The second kappa shape index (κ2) is 33.1. The van der Waals surface area contributed by atoms with Gasteiger partial charge in [0.2, 0.25) is 17.7 Å². The van der Waals surface area contributed by atoms with Gasteiger partial charge in [-0.25, -0.2) is 4.79 Å². The Morgan fingerprint density at radius 2 is 0.988 bits per heavy atom. The number of benzene rings is 2. The molecule has 2 aliphatic rings. The van der Waals surface area contributed by atoms with Gasteiger partial charge in [-0.05, 0) is 64.8 Å². The van der Waals surface area contributed by atoms with Crippen molar-refractivity contribution in [2.45, 2.75) is 187 Å². The van der Waals surface area contributed by atoms with E-state index in [9.17, 15) is 56.9 Å². The summed E-state index contributed by atoms with van der Waals surface area (Å²) in [5, 5.41) is 47.2. The van der Waals surface area contributed by atoms with Crippen LogP contribution in [0.1, 0.15) is 140 Å². The van der Waals surface area contributed by atoms with E-state index < -0.39 is 93.3 Å². The lowest BCUT2D eigenvalue weighted by atomic mass is 9.92. The van der Waals surface area contributed by atoms with E-state index in [0.717, 1.165) is 42.5 Å². The van der Waals surface area contributed by atoms with Crippen LogP contribution < -0.4 is 31.6 Å². The summed E-state index contributed by atoms with van der Waals surface area (Å²) in [6, 6.07) is 15.2. The molecule has 18 nitrogen and oxygen atoms in total. The number of aliphatic hydroxyl groups excluding tert-OH is 3. The molecule has 8 N–H and O–H groups in total. The van der Waals surface area contributed by atoms with Gasteiger partial charge in [-0.15, -0.1) is 0 Å². The van der Waals surface area contributed by atoms with E-state index in [2.05, 4.69) is 64.4 Å². The maximum absolute atomic E-state index is 13.5. The van der Waals surface area contributed by atoms with Gasteiger partial charge >= 0.3 is 18.1 Å².